The highest BCUT2D eigenvalue weighted by atomic mass is 14.5. The summed E-state index contributed by atoms with van der Waals surface area (Å²) in [7, 11) is 0. The SMILES string of the molecule is CCCc1ccc(CCC)c2c1-c1cccc(CCC)c1C2(c1ccccc1)c1ccccc1. The lowest BCUT2D eigenvalue weighted by Gasteiger charge is -2.36. The van der Waals surface area contributed by atoms with Crippen molar-refractivity contribution in [3.8, 4) is 11.1 Å². The van der Waals surface area contributed by atoms with E-state index >= 15 is 0 Å². The standard InChI is InChI=1S/C34H36/c1-4-14-25-23-24-27(16-6-3)33-31(25)30-22-13-17-26(15-5-2)32(30)34(33,28-18-9-7-10-19-28)29-20-11-8-12-21-29/h7-13,17-24H,4-6,14-16H2,1-3H3. The van der Waals surface area contributed by atoms with E-state index in [0.717, 1.165) is 38.5 Å². The second-order valence-corrected chi connectivity index (χ2v) is 9.71. The molecule has 0 unspecified atom stereocenters. The summed E-state index contributed by atoms with van der Waals surface area (Å²) in [5.74, 6) is 0. The molecule has 1 aliphatic rings. The van der Waals surface area contributed by atoms with Gasteiger partial charge in [-0.25, -0.2) is 0 Å². The minimum absolute atomic E-state index is 0.285. The molecule has 0 heterocycles. The molecule has 5 rings (SSSR count). The Bertz CT molecular complexity index is 1220. The lowest BCUT2D eigenvalue weighted by atomic mass is 9.65. The molecule has 0 atom stereocenters. The van der Waals surface area contributed by atoms with Gasteiger partial charge in [0, 0.05) is 0 Å². The summed E-state index contributed by atoms with van der Waals surface area (Å²) in [5, 5.41) is 0. The molecule has 0 nitrogen and oxygen atoms in total. The molecule has 0 bridgehead atoms. The molecule has 4 aromatic carbocycles. The molecule has 0 fully saturated rings. The topological polar surface area (TPSA) is 0 Å². The van der Waals surface area contributed by atoms with Gasteiger partial charge in [-0.15, -0.1) is 0 Å². The molecule has 0 saturated heterocycles. The van der Waals surface area contributed by atoms with E-state index in [1.807, 2.05) is 0 Å². The zero-order chi connectivity index (χ0) is 23.5. The van der Waals surface area contributed by atoms with Gasteiger partial charge in [-0.05, 0) is 69.3 Å². The second kappa shape index (κ2) is 9.63. The van der Waals surface area contributed by atoms with Gasteiger partial charge >= 0.3 is 0 Å². The Morgan fingerprint density at radius 2 is 0.971 bits per heavy atom. The van der Waals surface area contributed by atoms with Crippen molar-refractivity contribution in [3.05, 3.63) is 130 Å². The first-order valence-electron chi connectivity index (χ1n) is 13.2. The van der Waals surface area contributed by atoms with Crippen molar-refractivity contribution in [1.82, 2.24) is 0 Å². The van der Waals surface area contributed by atoms with Crippen LogP contribution in [0.15, 0.2) is 91.0 Å². The van der Waals surface area contributed by atoms with Gasteiger partial charge in [-0.3, -0.25) is 0 Å². The highest BCUT2D eigenvalue weighted by molar-refractivity contribution is 5.90. The number of rotatable bonds is 8. The average Bonchev–Trinajstić information content (AvgIpc) is 3.21. The van der Waals surface area contributed by atoms with Crippen molar-refractivity contribution < 1.29 is 0 Å². The molecule has 0 heteroatoms. The minimum atomic E-state index is -0.285. The van der Waals surface area contributed by atoms with Gasteiger partial charge in [0.1, 0.15) is 0 Å². The van der Waals surface area contributed by atoms with E-state index in [0.29, 0.717) is 0 Å². The smallest absolute Gasteiger partial charge is 0.0651 e. The van der Waals surface area contributed by atoms with E-state index in [2.05, 4.69) is 112 Å². The second-order valence-electron chi connectivity index (χ2n) is 9.71. The van der Waals surface area contributed by atoms with Crippen LogP contribution in [0.25, 0.3) is 11.1 Å². The maximum absolute atomic E-state index is 2.44. The molecule has 0 amide bonds. The van der Waals surface area contributed by atoms with E-state index in [1.165, 1.54) is 50.1 Å². The fraction of sp³-hybridized carbons (Fsp3) is 0.294. The number of hydrogen-bond donors (Lipinski definition) is 0. The third kappa shape index (κ3) is 3.43. The van der Waals surface area contributed by atoms with E-state index < -0.39 is 0 Å². The van der Waals surface area contributed by atoms with Gasteiger partial charge in [0.2, 0.25) is 0 Å². The molecule has 0 saturated carbocycles. The van der Waals surface area contributed by atoms with Crippen LogP contribution in [0.5, 0.6) is 0 Å². The molecule has 4 aromatic rings. The van der Waals surface area contributed by atoms with Crippen LogP contribution in [0.2, 0.25) is 0 Å². The van der Waals surface area contributed by atoms with Crippen molar-refractivity contribution >= 4 is 0 Å². The highest BCUT2D eigenvalue weighted by Gasteiger charge is 2.49. The van der Waals surface area contributed by atoms with Crippen LogP contribution in [0.4, 0.5) is 0 Å². The van der Waals surface area contributed by atoms with Crippen LogP contribution in [0, 0.1) is 0 Å². The number of fused-ring (bicyclic) bond motifs is 3. The molecule has 172 valence electrons. The van der Waals surface area contributed by atoms with Crippen LogP contribution in [-0.4, -0.2) is 0 Å². The summed E-state index contributed by atoms with van der Waals surface area (Å²) in [5.41, 5.74) is 13.0. The number of aryl methyl sites for hydroxylation is 3. The summed E-state index contributed by atoms with van der Waals surface area (Å²) in [6, 6.07) is 34.5. The minimum Gasteiger partial charge on any atom is -0.0651 e. The monoisotopic (exact) mass is 444 g/mol. The Kier molecular flexibility index (Phi) is 6.42. The molecular formula is C34H36. The Morgan fingerprint density at radius 1 is 0.471 bits per heavy atom. The number of hydrogen-bond acceptors (Lipinski definition) is 0. The third-order valence-corrected chi connectivity index (χ3v) is 7.52. The molecule has 0 N–H and O–H groups in total. The van der Waals surface area contributed by atoms with Crippen molar-refractivity contribution in [2.24, 2.45) is 0 Å². The Hall–Kier alpha value is -3.12. The Balaban J connectivity index is 2.02. The van der Waals surface area contributed by atoms with E-state index in [4.69, 9.17) is 0 Å². The van der Waals surface area contributed by atoms with Crippen LogP contribution in [-0.2, 0) is 24.7 Å². The summed E-state index contributed by atoms with van der Waals surface area (Å²) in [6.45, 7) is 6.92. The largest absolute Gasteiger partial charge is 0.0718 e. The lowest BCUT2D eigenvalue weighted by molar-refractivity contribution is 0.729. The molecule has 0 radical (unpaired) electrons. The predicted molar refractivity (Wildman–Crippen MR) is 146 cm³/mol. The fourth-order valence-electron chi connectivity index (χ4n) is 6.35. The summed E-state index contributed by atoms with van der Waals surface area (Å²) < 4.78 is 0. The van der Waals surface area contributed by atoms with Crippen LogP contribution >= 0.6 is 0 Å². The van der Waals surface area contributed by atoms with Crippen molar-refractivity contribution in [3.63, 3.8) is 0 Å². The van der Waals surface area contributed by atoms with Crippen molar-refractivity contribution in [1.29, 1.82) is 0 Å². The average molecular weight is 445 g/mol. The molecule has 0 aliphatic heterocycles. The van der Waals surface area contributed by atoms with E-state index in [9.17, 15) is 0 Å². The molecule has 1 aliphatic carbocycles. The normalized spacial score (nSPS) is 13.5. The van der Waals surface area contributed by atoms with Crippen LogP contribution in [0.1, 0.15) is 79.0 Å². The maximum atomic E-state index is 2.44. The predicted octanol–water partition coefficient (Wildman–Crippen LogP) is 8.91. The van der Waals surface area contributed by atoms with E-state index in [1.54, 1.807) is 0 Å². The molecule has 0 aromatic heterocycles. The van der Waals surface area contributed by atoms with Crippen molar-refractivity contribution in [2.75, 3.05) is 0 Å². The lowest BCUT2D eigenvalue weighted by Crippen LogP contribution is -2.31. The quantitative estimate of drug-likeness (QED) is 0.224. The van der Waals surface area contributed by atoms with Crippen molar-refractivity contribution in [2.45, 2.75) is 64.7 Å². The molecular weight excluding hydrogens is 408 g/mol. The zero-order valence-corrected chi connectivity index (χ0v) is 20.9. The molecule has 34 heavy (non-hydrogen) atoms. The van der Waals surface area contributed by atoms with Crippen LogP contribution < -0.4 is 0 Å². The van der Waals surface area contributed by atoms with Gasteiger partial charge < -0.3 is 0 Å². The van der Waals surface area contributed by atoms with Gasteiger partial charge in [-0.1, -0.05) is 131 Å². The maximum Gasteiger partial charge on any atom is 0.0718 e. The first-order valence-corrected chi connectivity index (χ1v) is 13.2. The first kappa shape index (κ1) is 22.7. The Morgan fingerprint density at radius 3 is 1.53 bits per heavy atom. The number of benzene rings is 4. The Labute approximate surface area is 205 Å². The summed E-state index contributed by atoms with van der Waals surface area (Å²) >= 11 is 0. The van der Waals surface area contributed by atoms with Gasteiger partial charge in [0.05, 0.1) is 5.41 Å². The highest BCUT2D eigenvalue weighted by Crippen LogP contribution is 2.59. The van der Waals surface area contributed by atoms with Gasteiger partial charge in [-0.2, -0.15) is 0 Å². The third-order valence-electron chi connectivity index (χ3n) is 7.52. The summed E-state index contributed by atoms with van der Waals surface area (Å²) in [6.07, 6.45) is 6.78. The zero-order valence-electron chi connectivity index (χ0n) is 20.9. The van der Waals surface area contributed by atoms with Gasteiger partial charge in [0.15, 0.2) is 0 Å². The first-order chi connectivity index (χ1) is 16.8. The summed E-state index contributed by atoms with van der Waals surface area (Å²) in [4.78, 5) is 0. The van der Waals surface area contributed by atoms with Gasteiger partial charge in [0.25, 0.3) is 0 Å². The molecule has 0 spiro atoms. The van der Waals surface area contributed by atoms with E-state index in [-0.39, 0.29) is 5.41 Å². The van der Waals surface area contributed by atoms with Crippen LogP contribution in [0.3, 0.4) is 0 Å². The fourth-order valence-corrected chi connectivity index (χ4v) is 6.35.